The van der Waals surface area contributed by atoms with Crippen LogP contribution in [0.4, 0.5) is 5.69 Å². The first-order valence-electron chi connectivity index (χ1n) is 26.1. The summed E-state index contributed by atoms with van der Waals surface area (Å²) in [7, 11) is 1.71. The van der Waals surface area contributed by atoms with Crippen molar-refractivity contribution in [2.24, 2.45) is 15.0 Å². The Hall–Kier alpha value is -7.51. The van der Waals surface area contributed by atoms with Crippen molar-refractivity contribution in [2.75, 3.05) is 7.11 Å². The Bertz CT molecular complexity index is 3910. The maximum Gasteiger partial charge on any atom is 0.211 e. The molecule has 3 N–H and O–H groups in total. The molecule has 0 saturated heterocycles. The summed E-state index contributed by atoms with van der Waals surface area (Å²) in [5.41, 5.74) is 18.2. The molecular weight excluding hydrogens is 1010 g/mol. The van der Waals surface area contributed by atoms with Crippen LogP contribution in [-0.4, -0.2) is 45.7 Å². The lowest BCUT2D eigenvalue weighted by Gasteiger charge is -2.12. The fourth-order valence-corrected chi connectivity index (χ4v) is 14.1. The number of amidine groups is 3. The molecule has 1 aliphatic carbocycles. The molecule has 9 heterocycles. The highest BCUT2D eigenvalue weighted by Gasteiger charge is 2.30. The molecule has 77 heavy (non-hydrogen) atoms. The summed E-state index contributed by atoms with van der Waals surface area (Å²) in [5.74, 6) is 4.78. The van der Waals surface area contributed by atoms with E-state index in [-0.39, 0.29) is 0 Å². The van der Waals surface area contributed by atoms with Crippen LogP contribution in [0.3, 0.4) is 0 Å². The van der Waals surface area contributed by atoms with E-state index in [4.69, 9.17) is 36.0 Å². The smallest absolute Gasteiger partial charge is 0.211 e. The molecule has 3 aliphatic heterocycles. The third-order valence-electron chi connectivity index (χ3n) is 14.6. The first kappa shape index (κ1) is 51.6. The van der Waals surface area contributed by atoms with E-state index >= 15 is 0 Å². The summed E-state index contributed by atoms with van der Waals surface area (Å²) < 4.78 is 11.7. The lowest BCUT2D eigenvalue weighted by molar-refractivity contribution is 0.298. The molecule has 6 aromatic heterocycles. The highest BCUT2D eigenvalue weighted by Crippen LogP contribution is 2.44. The van der Waals surface area contributed by atoms with Gasteiger partial charge in [0.2, 0.25) is 5.69 Å². The quantitative estimate of drug-likeness (QED) is 0.122. The largest absolute Gasteiger partial charge is 0.495 e. The number of aliphatic imine (C=N–C) groups is 3. The second kappa shape index (κ2) is 21.5. The third kappa shape index (κ3) is 10.3. The molecule has 0 unspecified atom stereocenters. The number of ether oxygens (including phenoxy) is 2. The van der Waals surface area contributed by atoms with E-state index in [0.29, 0.717) is 24.9 Å². The predicted molar refractivity (Wildman–Crippen MR) is 319 cm³/mol. The van der Waals surface area contributed by atoms with Crippen LogP contribution in [0.1, 0.15) is 111 Å². The average Bonchev–Trinajstić information content (AvgIpc) is 4.05. The van der Waals surface area contributed by atoms with Crippen LogP contribution in [0.15, 0.2) is 87.8 Å². The normalized spacial score (nSPS) is 13.9. The van der Waals surface area contributed by atoms with Gasteiger partial charge < -0.3 is 25.4 Å². The molecule has 1 fully saturated rings. The van der Waals surface area contributed by atoms with E-state index in [2.05, 4.69) is 145 Å². The van der Waals surface area contributed by atoms with Crippen LogP contribution < -0.4 is 25.4 Å². The minimum atomic E-state index is 0.385. The lowest BCUT2D eigenvalue weighted by atomic mass is 10.1. The molecular formula is C62H62N10O2S3. The van der Waals surface area contributed by atoms with Crippen molar-refractivity contribution >= 4 is 87.9 Å². The number of benzene rings is 3. The maximum atomic E-state index is 7.41. The molecule has 1 saturated carbocycles. The molecule has 0 atom stereocenters. The number of pyridine rings is 3. The third-order valence-corrected chi connectivity index (χ3v) is 18.0. The number of methoxy groups -OCH3 is 1. The van der Waals surface area contributed by atoms with Crippen molar-refractivity contribution in [3.8, 4) is 11.5 Å². The topological polar surface area (TPSA) is 135 Å². The van der Waals surface area contributed by atoms with E-state index in [1.165, 1.54) is 81.0 Å². The summed E-state index contributed by atoms with van der Waals surface area (Å²) >= 11 is 5.14. The van der Waals surface area contributed by atoms with Gasteiger partial charge in [0.05, 0.1) is 65.4 Å². The van der Waals surface area contributed by atoms with Gasteiger partial charge in [-0.25, -0.2) is 14.8 Å². The summed E-state index contributed by atoms with van der Waals surface area (Å²) in [6, 6.07) is 25.8. The molecule has 9 aromatic rings. The zero-order valence-corrected chi connectivity index (χ0v) is 47.8. The Balaban J connectivity index is 0.000000123. The van der Waals surface area contributed by atoms with Crippen molar-refractivity contribution in [2.45, 2.75) is 121 Å². The van der Waals surface area contributed by atoms with Crippen molar-refractivity contribution in [3.05, 3.63) is 183 Å². The first-order valence-corrected chi connectivity index (χ1v) is 28.6. The Morgan fingerprint density at radius 3 is 1.21 bits per heavy atom. The van der Waals surface area contributed by atoms with Gasteiger partial charge in [0, 0.05) is 69.3 Å². The molecule has 13 rings (SSSR count). The number of aryl methyl sites for hydroxylation is 9. The molecule has 390 valence electrons. The van der Waals surface area contributed by atoms with E-state index in [0.717, 1.165) is 116 Å². The predicted octanol–water partition coefficient (Wildman–Crippen LogP) is 13.9. The Labute approximate surface area is 462 Å². The molecule has 3 aromatic carbocycles. The van der Waals surface area contributed by atoms with Crippen LogP contribution in [0.5, 0.6) is 11.5 Å². The fourth-order valence-electron chi connectivity index (χ4n) is 10.3. The standard InChI is InChI=1S/C22H23N3OS.C20H18N4S.C20H21N3OS/c1-12-4-6-15(7-5-12)10-23-21-20-17(11-24-21)18-13(2)19(26-16-8-9-16)14(3)25-22(18)27-20;1-11-5-7-14(8-6-11)9-22-19-18-15(10-23-19)16-12(2)17(21-4)13(3)24-20(16)25-18;1-11-5-7-14(8-6-11)9-21-19-18-15(10-22-19)16-12(2)17(24-4)13(3)23-20(16)25-18/h4-7,16H,8-11H2,1-3H3,(H,23,24);5-8H,9-10H2,1-3H3,(H,22,23);5-8H,9-10H2,1-4H3,(H,21,22). The van der Waals surface area contributed by atoms with Crippen molar-refractivity contribution in [1.82, 2.24) is 30.9 Å². The minimum absolute atomic E-state index is 0.385. The van der Waals surface area contributed by atoms with E-state index in [9.17, 15) is 0 Å². The second-order valence-corrected chi connectivity index (χ2v) is 23.4. The molecule has 4 aliphatic rings. The first-order chi connectivity index (χ1) is 37.3. The Morgan fingerprint density at radius 2 is 0.844 bits per heavy atom. The molecule has 15 heteroatoms. The Morgan fingerprint density at radius 1 is 0.494 bits per heavy atom. The average molecular weight is 1080 g/mol. The summed E-state index contributed by atoms with van der Waals surface area (Å²) in [4.78, 5) is 38.9. The van der Waals surface area contributed by atoms with Gasteiger partial charge >= 0.3 is 0 Å². The number of nitrogens with zero attached hydrogens (tertiary/aromatic N) is 7. The number of rotatable bonds is 9. The van der Waals surface area contributed by atoms with Gasteiger partial charge in [-0.1, -0.05) is 89.5 Å². The van der Waals surface area contributed by atoms with Gasteiger partial charge in [-0.3, -0.25) is 20.0 Å². The zero-order valence-electron chi connectivity index (χ0n) is 45.3. The summed E-state index contributed by atoms with van der Waals surface area (Å²) in [6.45, 7) is 30.4. The molecule has 0 spiro atoms. The number of aromatic nitrogens is 3. The highest BCUT2D eigenvalue weighted by atomic mass is 32.1. The number of nitrogens with one attached hydrogen (secondary N) is 3. The van der Waals surface area contributed by atoms with E-state index < -0.39 is 0 Å². The highest BCUT2D eigenvalue weighted by molar-refractivity contribution is 7.21. The molecule has 0 bridgehead atoms. The van der Waals surface area contributed by atoms with Gasteiger partial charge in [-0.15, -0.1) is 34.0 Å². The fraction of sp³-hybridized carbons (Fsp3) is 0.306. The van der Waals surface area contributed by atoms with E-state index in [1.54, 1.807) is 41.1 Å². The number of fused-ring (bicyclic) bond motifs is 9. The molecule has 0 radical (unpaired) electrons. The second-order valence-electron chi connectivity index (χ2n) is 20.4. The zero-order chi connectivity index (χ0) is 53.6. The SMILES string of the molecule is COc1c(C)nc2sc3c(c2c1C)CN=C3NCc1ccc(C)cc1.Cc1ccc(CNC2=NCc3c2sc2nc(C)c(OC4CC4)c(C)c32)cc1.[C-]#[N+]c1c(C)nc2sc3c(c2c1C)CN=C3NCc1ccc(C)cc1. The molecule has 0 amide bonds. The van der Waals surface area contributed by atoms with Crippen molar-refractivity contribution in [3.63, 3.8) is 0 Å². The number of thiophene rings is 3. The summed E-state index contributed by atoms with van der Waals surface area (Å²) in [6.07, 6.45) is 2.71. The van der Waals surface area contributed by atoms with Gasteiger partial charge in [0.25, 0.3) is 0 Å². The van der Waals surface area contributed by atoms with Crippen LogP contribution in [-0.2, 0) is 39.3 Å². The Kier molecular flexibility index (Phi) is 14.4. The van der Waals surface area contributed by atoms with Crippen LogP contribution in [0, 0.1) is 68.9 Å². The van der Waals surface area contributed by atoms with Crippen molar-refractivity contribution in [1.29, 1.82) is 0 Å². The number of hydrogen-bond acceptors (Lipinski definition) is 14. The van der Waals surface area contributed by atoms with E-state index in [1.807, 2.05) is 20.8 Å². The van der Waals surface area contributed by atoms with Crippen molar-refractivity contribution < 1.29 is 9.47 Å². The van der Waals surface area contributed by atoms with Gasteiger partial charge in [-0.05, 0) is 97.4 Å². The van der Waals surface area contributed by atoms with Crippen LogP contribution in [0.2, 0.25) is 0 Å². The monoisotopic (exact) mass is 1070 g/mol. The van der Waals surface area contributed by atoms with Gasteiger partial charge in [0.1, 0.15) is 43.5 Å². The van der Waals surface area contributed by atoms with Crippen LogP contribution in [0.25, 0.3) is 35.5 Å². The van der Waals surface area contributed by atoms with Gasteiger partial charge in [0.15, 0.2) is 0 Å². The molecule has 12 nitrogen and oxygen atoms in total. The minimum Gasteiger partial charge on any atom is -0.495 e. The van der Waals surface area contributed by atoms with Gasteiger partial charge in [-0.2, -0.15) is 0 Å². The maximum absolute atomic E-state index is 7.41. The summed E-state index contributed by atoms with van der Waals surface area (Å²) in [5, 5.41) is 14.1. The number of hydrogen-bond donors (Lipinski definition) is 3. The lowest BCUT2D eigenvalue weighted by Crippen LogP contribution is -2.21. The van der Waals surface area contributed by atoms with Crippen LogP contribution >= 0.6 is 34.0 Å².